The van der Waals surface area contributed by atoms with Gasteiger partial charge in [-0.2, -0.15) is 0 Å². The molecule has 7 heteroatoms. The molecule has 0 amide bonds. The first kappa shape index (κ1) is 20.5. The van der Waals surface area contributed by atoms with Crippen LogP contribution in [0.4, 0.5) is 0 Å². The Morgan fingerprint density at radius 2 is 1.64 bits per heavy atom. The summed E-state index contributed by atoms with van der Waals surface area (Å²) < 4.78 is 1.80. The Morgan fingerprint density at radius 3 is 2.18 bits per heavy atom. The average Bonchev–Trinajstić information content (AvgIpc) is 2.63. The molecule has 144 valence electrons. The lowest BCUT2D eigenvalue weighted by atomic mass is 9.96. The monoisotopic (exact) mass is 435 g/mol. The number of aromatic carboxylic acids is 1. The van der Waals surface area contributed by atoms with Crippen LogP contribution >= 0.6 is 34.8 Å². The molecule has 3 aromatic rings. The first-order valence-corrected chi connectivity index (χ1v) is 9.61. The highest BCUT2D eigenvalue weighted by atomic mass is 35.5. The van der Waals surface area contributed by atoms with Gasteiger partial charge in [-0.25, -0.2) is 4.79 Å². The van der Waals surface area contributed by atoms with Crippen LogP contribution in [0.25, 0.3) is 22.4 Å². The zero-order valence-electron chi connectivity index (χ0n) is 15.1. The molecule has 0 aliphatic carbocycles. The summed E-state index contributed by atoms with van der Waals surface area (Å²) in [4.78, 5) is 25.4. The Bertz CT molecular complexity index is 1140. The van der Waals surface area contributed by atoms with Crippen LogP contribution in [0.2, 0.25) is 15.1 Å². The fraction of sp³-hybridized carbons (Fsp3) is 0.143. The van der Waals surface area contributed by atoms with Gasteiger partial charge in [0.2, 0.25) is 5.43 Å². The molecule has 0 bridgehead atoms. The Hall–Kier alpha value is -2.27. The second-order valence-corrected chi connectivity index (χ2v) is 7.47. The Balaban J connectivity index is 2.46. The van der Waals surface area contributed by atoms with Gasteiger partial charge in [0.1, 0.15) is 5.56 Å². The minimum Gasteiger partial charge on any atom is -0.477 e. The minimum absolute atomic E-state index is 0.249. The van der Waals surface area contributed by atoms with Gasteiger partial charge in [0, 0.05) is 27.8 Å². The van der Waals surface area contributed by atoms with E-state index in [2.05, 4.69) is 0 Å². The molecule has 0 atom stereocenters. The number of halogens is 3. The molecular formula is C21H16Cl3NO3. The fourth-order valence-electron chi connectivity index (χ4n) is 3.35. The Morgan fingerprint density at radius 1 is 1.04 bits per heavy atom. The number of rotatable bonds is 4. The molecule has 1 N–H and O–H groups in total. The van der Waals surface area contributed by atoms with Crippen LogP contribution in [0, 0.1) is 6.92 Å². The highest BCUT2D eigenvalue weighted by Gasteiger charge is 2.26. The molecule has 0 unspecified atom stereocenters. The lowest BCUT2D eigenvalue weighted by Crippen LogP contribution is -2.25. The van der Waals surface area contributed by atoms with E-state index in [1.807, 2.05) is 6.92 Å². The highest BCUT2D eigenvalue weighted by molar-refractivity contribution is 6.36. The van der Waals surface area contributed by atoms with E-state index in [0.717, 1.165) is 0 Å². The molecule has 0 saturated heterocycles. The van der Waals surface area contributed by atoms with Gasteiger partial charge >= 0.3 is 5.97 Å². The molecule has 0 fully saturated rings. The molecule has 1 aromatic heterocycles. The third kappa shape index (κ3) is 3.55. The third-order valence-electron chi connectivity index (χ3n) is 4.58. The van der Waals surface area contributed by atoms with Crippen molar-refractivity contribution in [2.45, 2.75) is 20.4 Å². The first-order chi connectivity index (χ1) is 13.3. The van der Waals surface area contributed by atoms with Gasteiger partial charge in [-0.05, 0) is 43.7 Å². The maximum absolute atomic E-state index is 13.3. The smallest absolute Gasteiger partial charge is 0.341 e. The number of carboxylic acid groups (broad SMARTS) is 1. The molecule has 1 heterocycles. The van der Waals surface area contributed by atoms with Crippen molar-refractivity contribution in [1.82, 2.24) is 4.57 Å². The van der Waals surface area contributed by atoms with Crippen molar-refractivity contribution in [3.63, 3.8) is 0 Å². The number of pyridine rings is 1. The van der Waals surface area contributed by atoms with E-state index in [4.69, 9.17) is 34.8 Å². The average molecular weight is 437 g/mol. The van der Waals surface area contributed by atoms with Gasteiger partial charge in [-0.1, -0.05) is 53.0 Å². The van der Waals surface area contributed by atoms with Crippen molar-refractivity contribution in [3.8, 4) is 22.4 Å². The first-order valence-electron chi connectivity index (χ1n) is 8.48. The van der Waals surface area contributed by atoms with Crippen LogP contribution in [0.3, 0.4) is 0 Å². The van der Waals surface area contributed by atoms with Gasteiger partial charge in [0.15, 0.2) is 0 Å². The molecule has 0 spiro atoms. The van der Waals surface area contributed by atoms with Gasteiger partial charge in [0.05, 0.1) is 16.3 Å². The number of carbonyl (C=O) groups is 1. The molecule has 4 nitrogen and oxygen atoms in total. The number of carboxylic acids is 1. The summed E-state index contributed by atoms with van der Waals surface area (Å²) in [5.41, 5.74) is 1.34. The van der Waals surface area contributed by atoms with Gasteiger partial charge in [0.25, 0.3) is 0 Å². The van der Waals surface area contributed by atoms with Gasteiger partial charge in [-0.15, -0.1) is 0 Å². The van der Waals surface area contributed by atoms with Crippen LogP contribution in [0.1, 0.15) is 23.0 Å². The van der Waals surface area contributed by atoms with Crippen molar-refractivity contribution in [1.29, 1.82) is 0 Å². The lowest BCUT2D eigenvalue weighted by Gasteiger charge is -2.21. The molecule has 3 rings (SSSR count). The van der Waals surface area contributed by atoms with E-state index in [0.29, 0.717) is 39.1 Å². The van der Waals surface area contributed by atoms with E-state index in [9.17, 15) is 14.7 Å². The van der Waals surface area contributed by atoms with Crippen LogP contribution in [0.15, 0.2) is 47.3 Å². The lowest BCUT2D eigenvalue weighted by molar-refractivity contribution is 0.0695. The molecular weight excluding hydrogens is 421 g/mol. The van der Waals surface area contributed by atoms with E-state index >= 15 is 0 Å². The molecule has 28 heavy (non-hydrogen) atoms. The number of hydrogen-bond donors (Lipinski definition) is 1. The summed E-state index contributed by atoms with van der Waals surface area (Å²) in [5, 5.41) is 11.1. The second kappa shape index (κ2) is 8.00. The van der Waals surface area contributed by atoms with Crippen molar-refractivity contribution in [3.05, 3.63) is 79.0 Å². The molecule has 0 aliphatic heterocycles. The standard InChI is InChI=1S/C21H16Cl3NO3/c1-3-25-11(2)17(15-9-8-14(23)10-16(15)24)20(26)18(21(27)28)19(25)12-4-6-13(22)7-5-12/h4-10H,3H2,1-2H3,(H,27,28). The predicted octanol–water partition coefficient (Wildman–Crippen LogP) is 6.17. The maximum atomic E-state index is 13.3. The predicted molar refractivity (Wildman–Crippen MR) is 114 cm³/mol. The summed E-state index contributed by atoms with van der Waals surface area (Å²) in [5.74, 6) is -1.30. The van der Waals surface area contributed by atoms with E-state index < -0.39 is 11.4 Å². The summed E-state index contributed by atoms with van der Waals surface area (Å²) >= 11 is 18.2. The van der Waals surface area contributed by atoms with Crippen LogP contribution in [-0.4, -0.2) is 15.6 Å². The largest absolute Gasteiger partial charge is 0.477 e. The number of aromatic nitrogens is 1. The Labute approximate surface area is 176 Å². The van der Waals surface area contributed by atoms with Gasteiger partial charge < -0.3 is 9.67 Å². The number of hydrogen-bond acceptors (Lipinski definition) is 2. The zero-order chi connectivity index (χ0) is 20.6. The fourth-order valence-corrected chi connectivity index (χ4v) is 3.97. The zero-order valence-corrected chi connectivity index (χ0v) is 17.4. The van der Waals surface area contributed by atoms with Crippen LogP contribution in [-0.2, 0) is 6.54 Å². The normalized spacial score (nSPS) is 10.9. The molecule has 0 saturated carbocycles. The molecule has 0 aliphatic rings. The molecule has 0 radical (unpaired) electrons. The number of benzene rings is 2. The maximum Gasteiger partial charge on any atom is 0.341 e. The van der Waals surface area contributed by atoms with Crippen LogP contribution in [0.5, 0.6) is 0 Å². The Kier molecular flexibility index (Phi) is 5.84. The van der Waals surface area contributed by atoms with E-state index in [-0.39, 0.29) is 16.1 Å². The minimum atomic E-state index is -1.30. The molecule has 2 aromatic carbocycles. The third-order valence-corrected chi connectivity index (χ3v) is 5.38. The van der Waals surface area contributed by atoms with Crippen molar-refractivity contribution < 1.29 is 9.90 Å². The van der Waals surface area contributed by atoms with Crippen LogP contribution < -0.4 is 5.43 Å². The number of nitrogens with zero attached hydrogens (tertiary/aromatic N) is 1. The van der Waals surface area contributed by atoms with Gasteiger partial charge in [-0.3, -0.25) is 4.79 Å². The van der Waals surface area contributed by atoms with E-state index in [1.54, 1.807) is 47.9 Å². The second-order valence-electron chi connectivity index (χ2n) is 6.19. The topological polar surface area (TPSA) is 59.3 Å². The van der Waals surface area contributed by atoms with Crippen molar-refractivity contribution in [2.24, 2.45) is 0 Å². The summed E-state index contributed by atoms with van der Waals surface area (Å²) in [7, 11) is 0. The summed E-state index contributed by atoms with van der Waals surface area (Å²) in [6.45, 7) is 4.12. The van der Waals surface area contributed by atoms with Crippen molar-refractivity contribution in [2.75, 3.05) is 0 Å². The summed E-state index contributed by atoms with van der Waals surface area (Å²) in [6, 6.07) is 11.5. The SMILES string of the molecule is CCn1c(C)c(-c2ccc(Cl)cc2Cl)c(=O)c(C(=O)O)c1-c1ccc(Cl)cc1. The van der Waals surface area contributed by atoms with Crippen molar-refractivity contribution >= 4 is 40.8 Å². The highest BCUT2D eigenvalue weighted by Crippen LogP contribution is 2.34. The quantitative estimate of drug-likeness (QED) is 0.532. The summed E-state index contributed by atoms with van der Waals surface area (Å²) in [6.07, 6.45) is 0. The van der Waals surface area contributed by atoms with E-state index in [1.165, 1.54) is 6.07 Å².